The second-order valence-electron chi connectivity index (χ2n) is 6.48. The van der Waals surface area contributed by atoms with Gasteiger partial charge in [0.1, 0.15) is 0 Å². The smallest absolute Gasteiger partial charge is 0.253 e. The van der Waals surface area contributed by atoms with Crippen molar-refractivity contribution in [1.29, 1.82) is 0 Å². The minimum atomic E-state index is -0.529. The molecule has 1 unspecified atom stereocenters. The van der Waals surface area contributed by atoms with E-state index in [1.165, 1.54) is 19.2 Å². The van der Waals surface area contributed by atoms with E-state index in [-0.39, 0.29) is 17.6 Å². The van der Waals surface area contributed by atoms with E-state index in [1.807, 2.05) is 12.1 Å². The van der Waals surface area contributed by atoms with Crippen LogP contribution in [0.15, 0.2) is 36.5 Å². The molecule has 0 spiro atoms. The zero-order valence-electron chi connectivity index (χ0n) is 14.4. The molecule has 3 heterocycles. The van der Waals surface area contributed by atoms with Crippen LogP contribution in [0.4, 0.5) is 4.39 Å². The minimum Gasteiger partial charge on any atom is -0.494 e. The highest BCUT2D eigenvalue weighted by molar-refractivity contribution is 5.94. The monoisotopic (exact) mass is 354 g/mol. The summed E-state index contributed by atoms with van der Waals surface area (Å²) in [5.74, 6) is -0.407. The molecule has 2 aromatic heterocycles. The first-order valence-corrected chi connectivity index (χ1v) is 8.58. The molecule has 0 radical (unpaired) electrons. The van der Waals surface area contributed by atoms with Gasteiger partial charge in [-0.1, -0.05) is 0 Å². The largest absolute Gasteiger partial charge is 0.494 e. The van der Waals surface area contributed by atoms with Gasteiger partial charge >= 0.3 is 0 Å². The van der Waals surface area contributed by atoms with Crippen LogP contribution >= 0.6 is 0 Å². The topological polar surface area (TPSA) is 71.1 Å². The maximum Gasteiger partial charge on any atom is 0.253 e. The molecule has 134 valence electrons. The van der Waals surface area contributed by atoms with Gasteiger partial charge in [-0.3, -0.25) is 9.89 Å². The zero-order valence-corrected chi connectivity index (χ0v) is 14.4. The van der Waals surface area contributed by atoms with Crippen molar-refractivity contribution in [2.75, 3.05) is 20.2 Å². The number of H-pyrrole nitrogens is 1. The van der Waals surface area contributed by atoms with Crippen LogP contribution in [0.2, 0.25) is 0 Å². The lowest BCUT2D eigenvalue weighted by Gasteiger charge is -2.32. The third kappa shape index (κ3) is 3.00. The minimum absolute atomic E-state index is 0.134. The lowest BCUT2D eigenvalue weighted by Crippen LogP contribution is -2.39. The van der Waals surface area contributed by atoms with Crippen molar-refractivity contribution in [3.05, 3.63) is 53.6 Å². The summed E-state index contributed by atoms with van der Waals surface area (Å²) in [7, 11) is 1.40. The van der Waals surface area contributed by atoms with E-state index in [1.54, 1.807) is 17.2 Å². The van der Waals surface area contributed by atoms with Crippen LogP contribution in [-0.4, -0.2) is 46.2 Å². The molecule has 1 aliphatic heterocycles. The Morgan fingerprint density at radius 2 is 2.23 bits per heavy atom. The van der Waals surface area contributed by atoms with Crippen LogP contribution in [0.25, 0.3) is 11.0 Å². The number of nitrogens with one attached hydrogen (secondary N) is 1. The van der Waals surface area contributed by atoms with Gasteiger partial charge < -0.3 is 9.64 Å². The molecule has 4 rings (SSSR count). The zero-order chi connectivity index (χ0) is 18.1. The molecule has 1 aromatic carbocycles. The number of benzene rings is 1. The molecule has 1 atom stereocenters. The Kier molecular flexibility index (Phi) is 4.28. The number of carbonyl (C=O) groups is 1. The Labute approximate surface area is 150 Å². The first-order valence-electron chi connectivity index (χ1n) is 8.58. The number of methoxy groups -OCH3 is 1. The molecule has 1 N–H and O–H groups in total. The summed E-state index contributed by atoms with van der Waals surface area (Å²) < 4.78 is 18.8. The number of amides is 1. The molecule has 1 saturated heterocycles. The molecule has 1 fully saturated rings. The molecular formula is C19H19FN4O2. The van der Waals surface area contributed by atoms with E-state index < -0.39 is 5.82 Å². The van der Waals surface area contributed by atoms with E-state index in [2.05, 4.69) is 15.2 Å². The van der Waals surface area contributed by atoms with Gasteiger partial charge in [0.15, 0.2) is 17.2 Å². The number of rotatable bonds is 3. The Bertz CT molecular complexity index is 956. The Balaban J connectivity index is 1.54. The van der Waals surface area contributed by atoms with Gasteiger partial charge in [-0.15, -0.1) is 0 Å². The van der Waals surface area contributed by atoms with Crippen molar-refractivity contribution >= 4 is 16.9 Å². The highest BCUT2D eigenvalue weighted by Gasteiger charge is 2.27. The molecule has 7 heteroatoms. The number of nitrogens with zero attached hydrogens (tertiary/aromatic N) is 3. The maximum atomic E-state index is 13.9. The van der Waals surface area contributed by atoms with E-state index in [0.717, 1.165) is 29.6 Å². The number of aromatic nitrogens is 3. The van der Waals surface area contributed by atoms with Gasteiger partial charge in [-0.2, -0.15) is 5.10 Å². The summed E-state index contributed by atoms with van der Waals surface area (Å²) in [6, 6.07) is 8.30. The van der Waals surface area contributed by atoms with Gasteiger partial charge in [0.2, 0.25) is 0 Å². The maximum absolute atomic E-state index is 13.9. The van der Waals surface area contributed by atoms with Crippen molar-refractivity contribution in [3.63, 3.8) is 0 Å². The van der Waals surface area contributed by atoms with Crippen LogP contribution < -0.4 is 4.74 Å². The number of pyridine rings is 1. The third-order valence-corrected chi connectivity index (χ3v) is 4.85. The summed E-state index contributed by atoms with van der Waals surface area (Å²) in [6.07, 6.45) is 3.59. The molecule has 0 saturated carbocycles. The number of carbonyl (C=O) groups excluding carboxylic acids is 1. The molecule has 1 amide bonds. The van der Waals surface area contributed by atoms with Crippen LogP contribution in [0.1, 0.15) is 34.8 Å². The predicted octanol–water partition coefficient (Wildman–Crippen LogP) is 3.13. The molecular weight excluding hydrogens is 335 g/mol. The summed E-state index contributed by atoms with van der Waals surface area (Å²) in [5, 5.41) is 7.84. The second kappa shape index (κ2) is 6.74. The van der Waals surface area contributed by atoms with Crippen molar-refractivity contribution in [2.24, 2.45) is 0 Å². The number of ether oxygens (including phenoxy) is 1. The fraction of sp³-hybridized carbons (Fsp3) is 0.316. The lowest BCUT2D eigenvalue weighted by molar-refractivity contribution is 0.0705. The number of piperidine rings is 1. The fourth-order valence-electron chi connectivity index (χ4n) is 3.45. The standard InChI is InChI=1S/C19H19FN4O2/c1-26-17-7-5-12(9-15(17)20)19(25)24-8-2-3-14(11-24)16-6-4-13-10-21-23-18(13)22-16/h4-7,9-10,14H,2-3,8,11H2,1H3,(H,21,22,23). The molecule has 3 aromatic rings. The molecule has 1 aliphatic rings. The Morgan fingerprint density at radius 3 is 3.04 bits per heavy atom. The number of halogens is 1. The number of hydrogen-bond acceptors (Lipinski definition) is 4. The van der Waals surface area contributed by atoms with Gasteiger partial charge in [0.05, 0.1) is 13.3 Å². The first kappa shape index (κ1) is 16.5. The predicted molar refractivity (Wildman–Crippen MR) is 94.7 cm³/mol. The quantitative estimate of drug-likeness (QED) is 0.784. The van der Waals surface area contributed by atoms with E-state index >= 15 is 0 Å². The highest BCUT2D eigenvalue weighted by atomic mass is 19.1. The normalized spacial score (nSPS) is 17.5. The van der Waals surface area contributed by atoms with Gasteiger partial charge in [-0.25, -0.2) is 9.37 Å². The van der Waals surface area contributed by atoms with Gasteiger partial charge in [0, 0.05) is 35.7 Å². The van der Waals surface area contributed by atoms with Crippen molar-refractivity contribution in [3.8, 4) is 5.75 Å². The molecule has 6 nitrogen and oxygen atoms in total. The van der Waals surface area contributed by atoms with E-state index in [0.29, 0.717) is 18.7 Å². The van der Waals surface area contributed by atoms with Gasteiger partial charge in [-0.05, 0) is 43.2 Å². The molecule has 0 aliphatic carbocycles. The number of aromatic amines is 1. The summed E-state index contributed by atoms with van der Waals surface area (Å²) in [5.41, 5.74) is 2.03. The fourth-order valence-corrected chi connectivity index (χ4v) is 3.45. The second-order valence-corrected chi connectivity index (χ2v) is 6.48. The van der Waals surface area contributed by atoms with Gasteiger partial charge in [0.25, 0.3) is 5.91 Å². The average Bonchev–Trinajstić information content (AvgIpc) is 3.15. The summed E-state index contributed by atoms with van der Waals surface area (Å²) >= 11 is 0. The van der Waals surface area contributed by atoms with Crippen LogP contribution in [0.5, 0.6) is 5.75 Å². The van der Waals surface area contributed by atoms with Crippen molar-refractivity contribution in [1.82, 2.24) is 20.1 Å². The van der Waals surface area contributed by atoms with Crippen molar-refractivity contribution < 1.29 is 13.9 Å². The van der Waals surface area contributed by atoms with Crippen LogP contribution in [-0.2, 0) is 0 Å². The summed E-state index contributed by atoms with van der Waals surface area (Å²) in [4.78, 5) is 19.2. The lowest BCUT2D eigenvalue weighted by atomic mass is 9.93. The first-order chi connectivity index (χ1) is 12.7. The number of hydrogen-bond donors (Lipinski definition) is 1. The number of likely N-dealkylation sites (tertiary alicyclic amines) is 1. The third-order valence-electron chi connectivity index (χ3n) is 4.85. The van der Waals surface area contributed by atoms with E-state index in [9.17, 15) is 9.18 Å². The average molecular weight is 354 g/mol. The SMILES string of the molecule is COc1ccc(C(=O)N2CCCC(c3ccc4cn[nH]c4n3)C2)cc1F. The molecule has 0 bridgehead atoms. The number of fused-ring (bicyclic) bond motifs is 1. The van der Waals surface area contributed by atoms with Crippen LogP contribution in [0, 0.1) is 5.82 Å². The Hall–Kier alpha value is -2.96. The van der Waals surface area contributed by atoms with E-state index in [4.69, 9.17) is 4.74 Å². The summed E-state index contributed by atoms with van der Waals surface area (Å²) in [6.45, 7) is 1.23. The molecule has 26 heavy (non-hydrogen) atoms. The van der Waals surface area contributed by atoms with Crippen molar-refractivity contribution in [2.45, 2.75) is 18.8 Å². The Morgan fingerprint density at radius 1 is 1.35 bits per heavy atom. The van der Waals surface area contributed by atoms with Crippen LogP contribution in [0.3, 0.4) is 0 Å². The highest BCUT2D eigenvalue weighted by Crippen LogP contribution is 2.28.